The number of para-hydroxylation sites is 2. The van der Waals surface area contributed by atoms with Gasteiger partial charge in [-0.3, -0.25) is 9.59 Å². The largest absolute Gasteiger partial charge is 0.506 e. The van der Waals surface area contributed by atoms with Gasteiger partial charge in [0.1, 0.15) is 5.75 Å². The van der Waals surface area contributed by atoms with Crippen molar-refractivity contribution in [2.24, 2.45) is 0 Å². The molecule has 0 atom stereocenters. The summed E-state index contributed by atoms with van der Waals surface area (Å²) in [5.74, 6) is -1.52. The molecule has 0 bridgehead atoms. The number of amides is 2. The number of carbonyl (C=O) groups excluding carboxylic acids is 2. The van der Waals surface area contributed by atoms with Crippen LogP contribution in [-0.4, -0.2) is 35.9 Å². The Morgan fingerprint density at radius 3 is 2.40 bits per heavy atom. The number of rotatable bonds is 1. The Kier molecular flexibility index (Phi) is 3.28. The first-order chi connectivity index (χ1) is 7.02. The third kappa shape index (κ3) is 2.70. The molecule has 5 nitrogen and oxygen atoms in total. The van der Waals surface area contributed by atoms with Gasteiger partial charge in [-0.05, 0) is 12.1 Å². The number of hydrogen-bond acceptors (Lipinski definition) is 3. The molecule has 0 fully saturated rings. The smallest absolute Gasteiger partial charge is 0.313 e. The summed E-state index contributed by atoms with van der Waals surface area (Å²) in [7, 11) is 2.96. The van der Waals surface area contributed by atoms with E-state index in [4.69, 9.17) is 0 Å². The zero-order valence-corrected chi connectivity index (χ0v) is 8.52. The molecule has 0 unspecified atom stereocenters. The second-order valence-corrected chi connectivity index (χ2v) is 3.17. The third-order valence-electron chi connectivity index (χ3n) is 1.75. The highest BCUT2D eigenvalue weighted by molar-refractivity contribution is 6.39. The summed E-state index contributed by atoms with van der Waals surface area (Å²) in [6.45, 7) is 0. The number of anilines is 1. The van der Waals surface area contributed by atoms with E-state index in [1.807, 2.05) is 0 Å². The van der Waals surface area contributed by atoms with Crippen LogP contribution in [0.1, 0.15) is 0 Å². The van der Waals surface area contributed by atoms with Crippen LogP contribution in [0.3, 0.4) is 0 Å². The van der Waals surface area contributed by atoms with E-state index in [-0.39, 0.29) is 11.4 Å². The molecule has 1 rings (SSSR count). The van der Waals surface area contributed by atoms with Crippen LogP contribution >= 0.6 is 0 Å². The minimum absolute atomic E-state index is 0.0718. The van der Waals surface area contributed by atoms with E-state index in [9.17, 15) is 14.7 Å². The molecule has 0 aromatic heterocycles. The van der Waals surface area contributed by atoms with Crippen molar-refractivity contribution >= 4 is 17.5 Å². The molecule has 0 saturated carbocycles. The van der Waals surface area contributed by atoms with E-state index in [0.717, 1.165) is 4.90 Å². The van der Waals surface area contributed by atoms with E-state index in [2.05, 4.69) is 5.32 Å². The molecule has 1 aromatic carbocycles. The summed E-state index contributed by atoms with van der Waals surface area (Å²) in [4.78, 5) is 23.6. The summed E-state index contributed by atoms with van der Waals surface area (Å²) >= 11 is 0. The molecule has 0 saturated heterocycles. The van der Waals surface area contributed by atoms with Gasteiger partial charge in [0, 0.05) is 14.1 Å². The highest BCUT2D eigenvalue weighted by Crippen LogP contribution is 2.21. The first-order valence-electron chi connectivity index (χ1n) is 4.33. The van der Waals surface area contributed by atoms with Crippen molar-refractivity contribution in [2.45, 2.75) is 0 Å². The van der Waals surface area contributed by atoms with Gasteiger partial charge in [-0.1, -0.05) is 12.1 Å². The maximum absolute atomic E-state index is 11.3. The standard InChI is InChI=1S/C10H12N2O3/c1-12(2)10(15)9(14)11-7-5-3-4-6-8(7)13/h3-6,13H,1-2H3,(H,11,14). The first-order valence-corrected chi connectivity index (χ1v) is 4.33. The number of carbonyl (C=O) groups is 2. The molecule has 0 aliphatic carbocycles. The number of nitrogens with zero attached hydrogens (tertiary/aromatic N) is 1. The Balaban J connectivity index is 2.75. The predicted molar refractivity (Wildman–Crippen MR) is 55.4 cm³/mol. The van der Waals surface area contributed by atoms with Crippen molar-refractivity contribution < 1.29 is 14.7 Å². The summed E-state index contributed by atoms with van der Waals surface area (Å²) in [6, 6.07) is 6.21. The van der Waals surface area contributed by atoms with Crippen molar-refractivity contribution in [3.05, 3.63) is 24.3 Å². The third-order valence-corrected chi connectivity index (χ3v) is 1.75. The zero-order valence-electron chi connectivity index (χ0n) is 8.52. The van der Waals surface area contributed by atoms with Gasteiger partial charge in [-0.2, -0.15) is 0 Å². The fourth-order valence-corrected chi connectivity index (χ4v) is 0.958. The molecule has 5 heteroatoms. The molecule has 0 spiro atoms. The molecule has 0 aliphatic rings. The lowest BCUT2D eigenvalue weighted by Crippen LogP contribution is -2.34. The highest BCUT2D eigenvalue weighted by atomic mass is 16.3. The number of likely N-dealkylation sites (N-methyl/N-ethyl adjacent to an activating group) is 1. The van der Waals surface area contributed by atoms with Gasteiger partial charge in [0.25, 0.3) is 0 Å². The van der Waals surface area contributed by atoms with Gasteiger partial charge in [0.15, 0.2) is 0 Å². The number of hydrogen-bond donors (Lipinski definition) is 2. The van der Waals surface area contributed by atoms with Gasteiger partial charge in [0.2, 0.25) is 0 Å². The van der Waals surface area contributed by atoms with Crippen LogP contribution in [0.5, 0.6) is 5.75 Å². The molecule has 0 aliphatic heterocycles. The molecule has 2 amide bonds. The second kappa shape index (κ2) is 4.45. The highest BCUT2D eigenvalue weighted by Gasteiger charge is 2.16. The molecular formula is C10H12N2O3. The normalized spacial score (nSPS) is 9.47. The lowest BCUT2D eigenvalue weighted by Gasteiger charge is -2.10. The van der Waals surface area contributed by atoms with Gasteiger partial charge in [-0.25, -0.2) is 0 Å². The first kappa shape index (κ1) is 11.0. The van der Waals surface area contributed by atoms with Crippen molar-refractivity contribution in [3.8, 4) is 5.75 Å². The SMILES string of the molecule is CN(C)C(=O)C(=O)Nc1ccccc1O. The monoisotopic (exact) mass is 208 g/mol. The Morgan fingerprint density at radius 2 is 1.87 bits per heavy atom. The van der Waals surface area contributed by atoms with Crippen LogP contribution in [0.4, 0.5) is 5.69 Å². The number of aromatic hydroxyl groups is 1. The molecule has 0 radical (unpaired) electrons. The molecule has 1 aromatic rings. The zero-order chi connectivity index (χ0) is 11.4. The summed E-state index contributed by atoms with van der Waals surface area (Å²) in [6.07, 6.45) is 0. The average molecular weight is 208 g/mol. The summed E-state index contributed by atoms with van der Waals surface area (Å²) < 4.78 is 0. The Bertz CT molecular complexity index is 388. The predicted octanol–water partition coefficient (Wildman–Crippen LogP) is 0.419. The fraction of sp³-hybridized carbons (Fsp3) is 0.200. The second-order valence-electron chi connectivity index (χ2n) is 3.17. The maximum atomic E-state index is 11.3. The minimum atomic E-state index is -0.776. The number of phenols is 1. The van der Waals surface area contributed by atoms with Crippen LogP contribution in [-0.2, 0) is 9.59 Å². The molecule has 2 N–H and O–H groups in total. The maximum Gasteiger partial charge on any atom is 0.313 e. The molecule has 15 heavy (non-hydrogen) atoms. The van der Waals surface area contributed by atoms with E-state index in [0.29, 0.717) is 0 Å². The number of nitrogens with one attached hydrogen (secondary N) is 1. The lowest BCUT2D eigenvalue weighted by atomic mass is 10.3. The Morgan fingerprint density at radius 1 is 1.27 bits per heavy atom. The molecule has 80 valence electrons. The van der Waals surface area contributed by atoms with Crippen molar-refractivity contribution in [1.29, 1.82) is 0 Å². The van der Waals surface area contributed by atoms with Crippen molar-refractivity contribution in [3.63, 3.8) is 0 Å². The van der Waals surface area contributed by atoms with Crippen LogP contribution in [0.2, 0.25) is 0 Å². The van der Waals surface area contributed by atoms with Gasteiger partial charge in [0.05, 0.1) is 5.69 Å². The van der Waals surface area contributed by atoms with E-state index in [1.165, 1.54) is 26.2 Å². The average Bonchev–Trinajstić information content (AvgIpc) is 2.20. The van der Waals surface area contributed by atoms with Crippen LogP contribution in [0.25, 0.3) is 0 Å². The molecule has 0 heterocycles. The van der Waals surface area contributed by atoms with Crippen molar-refractivity contribution in [2.75, 3.05) is 19.4 Å². The minimum Gasteiger partial charge on any atom is -0.506 e. The van der Waals surface area contributed by atoms with Crippen LogP contribution in [0, 0.1) is 0 Å². The number of phenolic OH excluding ortho intramolecular Hbond substituents is 1. The van der Waals surface area contributed by atoms with E-state index < -0.39 is 11.8 Å². The number of benzene rings is 1. The van der Waals surface area contributed by atoms with Gasteiger partial charge >= 0.3 is 11.8 Å². The van der Waals surface area contributed by atoms with Gasteiger partial charge < -0.3 is 15.3 Å². The van der Waals surface area contributed by atoms with E-state index in [1.54, 1.807) is 12.1 Å². The molecular weight excluding hydrogens is 196 g/mol. The fourth-order valence-electron chi connectivity index (χ4n) is 0.958. The Hall–Kier alpha value is -2.04. The Labute approximate surface area is 87.3 Å². The topological polar surface area (TPSA) is 69.6 Å². The quantitative estimate of drug-likeness (QED) is 0.519. The van der Waals surface area contributed by atoms with E-state index >= 15 is 0 Å². The summed E-state index contributed by atoms with van der Waals surface area (Å²) in [5, 5.41) is 11.7. The van der Waals surface area contributed by atoms with Crippen molar-refractivity contribution in [1.82, 2.24) is 4.90 Å². The van der Waals surface area contributed by atoms with Crippen LogP contribution in [0.15, 0.2) is 24.3 Å². The van der Waals surface area contributed by atoms with Crippen LogP contribution < -0.4 is 5.32 Å². The lowest BCUT2D eigenvalue weighted by molar-refractivity contribution is -0.141. The van der Waals surface area contributed by atoms with Gasteiger partial charge in [-0.15, -0.1) is 0 Å². The summed E-state index contributed by atoms with van der Waals surface area (Å²) in [5.41, 5.74) is 0.220.